The van der Waals surface area contributed by atoms with Gasteiger partial charge in [0.15, 0.2) is 0 Å². The van der Waals surface area contributed by atoms with Gasteiger partial charge in [-0.15, -0.1) is 79.5 Å². The Hall–Kier alpha value is -5.45. The van der Waals surface area contributed by atoms with Gasteiger partial charge in [0.25, 0.3) is 0 Å². The van der Waals surface area contributed by atoms with Crippen LogP contribution >= 0.6 is 0 Å². The molecule has 428 valence electrons. The molecule has 0 saturated carbocycles. The van der Waals surface area contributed by atoms with Gasteiger partial charge >= 0.3 is 198 Å². The van der Waals surface area contributed by atoms with Crippen molar-refractivity contribution in [3.8, 4) is 0 Å². The number of fused-ring (bicyclic) bond motifs is 6. The SMILES string of the molecule is CC(C)C1=[C-]C(C(C)C)C=C1C(C)C.CC(C)C1=[C-]C(C(C)C)C=C1C(C)C.[Cl-].[Cl-].[Zr+2]=[C](c1ccccc1)c1ccccc1.[Zr+2]=[C](c1ccccc1)c1ccccc1.c1ccc2c(c1)[cH-]c1ccccc12.c1ccc2c(c1)[cH-]c1ccccc12. The molecule has 0 heterocycles. The van der Waals surface area contributed by atoms with Gasteiger partial charge in [-0.3, -0.25) is 12.2 Å². The van der Waals surface area contributed by atoms with Gasteiger partial charge in [0.2, 0.25) is 0 Å². The van der Waals surface area contributed by atoms with Gasteiger partial charge in [-0.25, -0.2) is 11.1 Å². The molecule has 10 aromatic rings. The molecular formula is C80H84Cl2Zr2-2. The van der Waals surface area contributed by atoms with Gasteiger partial charge in [0, 0.05) is 0 Å². The Kier molecular flexibility index (Phi) is 28.6. The van der Waals surface area contributed by atoms with Crippen LogP contribution in [0.5, 0.6) is 0 Å². The van der Waals surface area contributed by atoms with Crippen LogP contribution in [0, 0.1) is 59.5 Å². The maximum atomic E-state index is 3.65. The van der Waals surface area contributed by atoms with Gasteiger partial charge in [0.1, 0.15) is 0 Å². The predicted octanol–water partition coefficient (Wildman–Crippen LogP) is 15.5. The van der Waals surface area contributed by atoms with Crippen LogP contribution in [0.4, 0.5) is 0 Å². The van der Waals surface area contributed by atoms with Crippen molar-refractivity contribution in [2.75, 3.05) is 0 Å². The summed E-state index contributed by atoms with van der Waals surface area (Å²) in [6, 6.07) is 80.8. The van der Waals surface area contributed by atoms with E-state index in [4.69, 9.17) is 0 Å². The van der Waals surface area contributed by atoms with Gasteiger partial charge < -0.3 is 24.8 Å². The number of hydrogen-bond donors (Lipinski definition) is 0. The third-order valence-electron chi connectivity index (χ3n) is 15.1. The van der Waals surface area contributed by atoms with Crippen LogP contribution in [-0.2, 0) is 48.5 Å². The zero-order valence-corrected chi connectivity index (χ0v) is 57.9. The smallest absolute Gasteiger partial charge is 0.0771 e. The molecule has 0 spiro atoms. The Bertz CT molecular complexity index is 3250. The number of rotatable bonds is 10. The van der Waals surface area contributed by atoms with Gasteiger partial charge in [-0.1, -0.05) is 203 Å². The maximum absolute atomic E-state index is 3.65. The molecule has 0 aliphatic heterocycles. The Morgan fingerprint density at radius 1 is 0.310 bits per heavy atom. The van der Waals surface area contributed by atoms with Gasteiger partial charge in [-0.05, 0) is 0 Å². The fraction of sp³-hybridized carbons (Fsp3) is 0.250. The Morgan fingerprint density at radius 3 is 0.714 bits per heavy atom. The molecule has 0 nitrogen and oxygen atoms in total. The molecule has 84 heavy (non-hydrogen) atoms. The molecule has 10 aromatic carbocycles. The minimum atomic E-state index is 0. The monoisotopic (exact) mass is 1290 g/mol. The summed E-state index contributed by atoms with van der Waals surface area (Å²) in [5.41, 5.74) is 11.3. The van der Waals surface area contributed by atoms with Crippen molar-refractivity contribution >= 4 is 49.5 Å². The molecule has 12 rings (SSSR count). The van der Waals surface area contributed by atoms with E-state index in [9.17, 15) is 0 Å². The molecule has 0 saturated heterocycles. The van der Waals surface area contributed by atoms with E-state index in [1.54, 1.807) is 0 Å². The van der Waals surface area contributed by atoms with Crippen molar-refractivity contribution in [3.05, 3.63) is 299 Å². The molecule has 4 heteroatoms. The van der Waals surface area contributed by atoms with Crippen molar-refractivity contribution in [2.24, 2.45) is 47.3 Å². The summed E-state index contributed by atoms with van der Waals surface area (Å²) >= 11 is 2.92. The zero-order chi connectivity index (χ0) is 58.7. The summed E-state index contributed by atoms with van der Waals surface area (Å²) in [6.45, 7) is 27.3. The minimum absolute atomic E-state index is 0. The van der Waals surface area contributed by atoms with Crippen LogP contribution < -0.4 is 24.8 Å². The van der Waals surface area contributed by atoms with Crippen molar-refractivity contribution in [1.82, 2.24) is 0 Å². The first-order chi connectivity index (χ1) is 39.5. The van der Waals surface area contributed by atoms with E-state index >= 15 is 0 Å². The molecule has 2 unspecified atom stereocenters. The molecule has 2 aliphatic carbocycles. The van der Waals surface area contributed by atoms with Gasteiger partial charge in [-0.2, -0.15) is 23.3 Å². The predicted molar refractivity (Wildman–Crippen MR) is 352 cm³/mol. The third kappa shape index (κ3) is 19.3. The van der Waals surface area contributed by atoms with Crippen molar-refractivity contribution in [1.29, 1.82) is 0 Å². The van der Waals surface area contributed by atoms with Crippen LogP contribution in [-0.4, -0.2) is 6.41 Å². The zero-order valence-electron chi connectivity index (χ0n) is 51.5. The van der Waals surface area contributed by atoms with Crippen LogP contribution in [0.25, 0.3) is 43.1 Å². The maximum Gasteiger partial charge on any atom is -0.0771 e. The second-order valence-electron chi connectivity index (χ2n) is 23.4. The molecule has 0 N–H and O–H groups in total. The number of halogens is 2. The average Bonchev–Trinajstić information content (AvgIpc) is 3.65. The summed E-state index contributed by atoms with van der Waals surface area (Å²) in [7, 11) is 0. The van der Waals surface area contributed by atoms with Crippen LogP contribution in [0.3, 0.4) is 0 Å². The van der Waals surface area contributed by atoms with E-state index in [0.29, 0.717) is 47.3 Å². The summed E-state index contributed by atoms with van der Waals surface area (Å²) in [5.74, 6) is 4.97. The minimum Gasteiger partial charge on any atom is -0.126 e. The standard InChI is InChI=1S/2C14H23.2C13H9.2C13H10.2ClH.2Zr/c2*1-9(2)12-7-13(10(3)4)14(8-12)11(5)6;2*1-3-7-12-10(5-1)9-11-6-2-4-8-13(11)12;2*1-3-7-12(8-4-1)11-13-9-5-2-6-10-13;;;;/h2*7,9-12H,1-6H3;2*1-9H;2*1-10H;2*1H;;/q4*-1;;;;;2*+2/p-2. The van der Waals surface area contributed by atoms with E-state index in [1.165, 1.54) is 143 Å². The van der Waals surface area contributed by atoms with E-state index in [1.807, 2.05) is 0 Å². The summed E-state index contributed by atoms with van der Waals surface area (Å²) in [5, 5.41) is 10.8. The van der Waals surface area contributed by atoms with Gasteiger partial charge in [0.05, 0.1) is 0 Å². The average molecular weight is 1300 g/mol. The van der Waals surface area contributed by atoms with E-state index < -0.39 is 0 Å². The van der Waals surface area contributed by atoms with Crippen molar-refractivity contribution in [3.63, 3.8) is 0 Å². The molecule has 2 atom stereocenters. The normalized spacial score (nSPS) is 14.1. The van der Waals surface area contributed by atoms with Crippen molar-refractivity contribution < 1.29 is 73.3 Å². The molecule has 2 aliphatic rings. The first-order valence-corrected chi connectivity index (χ1v) is 32.1. The topological polar surface area (TPSA) is 0 Å². The Balaban J connectivity index is 0.000000183. The van der Waals surface area contributed by atoms with E-state index in [2.05, 4.69) is 338 Å². The first-order valence-electron chi connectivity index (χ1n) is 29.7. The second kappa shape index (κ2) is 34.6. The fourth-order valence-corrected chi connectivity index (χ4v) is 12.1. The van der Waals surface area contributed by atoms with E-state index in [-0.39, 0.29) is 24.8 Å². The van der Waals surface area contributed by atoms with Crippen LogP contribution in [0.15, 0.2) is 265 Å². The molecule has 0 aromatic heterocycles. The number of allylic oxidation sites excluding steroid dienone is 8. The van der Waals surface area contributed by atoms with Crippen molar-refractivity contribution in [2.45, 2.75) is 83.1 Å². The van der Waals surface area contributed by atoms with E-state index in [0.717, 1.165) is 0 Å². The number of hydrogen-bond acceptors (Lipinski definition) is 0. The van der Waals surface area contributed by atoms with Crippen LogP contribution in [0.1, 0.15) is 105 Å². The quantitative estimate of drug-likeness (QED) is 0.120. The second-order valence-corrected chi connectivity index (χ2v) is 25.8. The summed E-state index contributed by atoms with van der Waals surface area (Å²) < 4.78 is 2.83. The Labute approximate surface area is 547 Å². The summed E-state index contributed by atoms with van der Waals surface area (Å²) in [6.07, 6.45) is 12.1. The molecular weight excluding hydrogens is 1210 g/mol. The Morgan fingerprint density at radius 2 is 0.524 bits per heavy atom. The first kappa shape index (κ1) is 69.3. The number of benzene rings is 8. The summed E-state index contributed by atoms with van der Waals surface area (Å²) in [4.78, 5) is 0. The fourth-order valence-electron chi connectivity index (χ4n) is 10.5. The molecule has 0 amide bonds. The molecule has 0 radical (unpaired) electrons. The largest absolute Gasteiger partial charge is 0.126 e. The van der Waals surface area contributed by atoms with Crippen LogP contribution in [0.2, 0.25) is 0 Å². The molecule has 0 bridgehead atoms. The molecule has 0 fully saturated rings. The third-order valence-corrected chi connectivity index (χ3v) is 18.0.